The van der Waals surface area contributed by atoms with Crippen LogP contribution in [0.4, 0.5) is 18.9 Å². The standard InChI is InChI=1S/C21H19F3N2O3/c1-3-10-29-18-9-8-14(12-19(18)28-2)11-15(13-25)20(27)26-17-7-5-4-6-16(17)21(22,23)24/h4-9,11-12H,3,10H2,1-2H3,(H,26,27)/b15-11+. The fourth-order valence-electron chi connectivity index (χ4n) is 2.45. The lowest BCUT2D eigenvalue weighted by Gasteiger charge is -2.13. The molecule has 0 heterocycles. The second-order valence-electron chi connectivity index (χ2n) is 5.93. The number of nitrogens with one attached hydrogen (secondary N) is 1. The van der Waals surface area contributed by atoms with Gasteiger partial charge >= 0.3 is 6.18 Å². The molecular formula is C21H19F3N2O3. The molecule has 0 aliphatic carbocycles. The van der Waals surface area contributed by atoms with Crippen LogP contribution in [0.1, 0.15) is 24.5 Å². The highest BCUT2D eigenvalue weighted by molar-refractivity contribution is 6.10. The van der Waals surface area contributed by atoms with Crippen LogP contribution in [0.15, 0.2) is 48.0 Å². The Hall–Kier alpha value is -3.47. The van der Waals surface area contributed by atoms with Crippen molar-refractivity contribution in [3.05, 3.63) is 59.2 Å². The van der Waals surface area contributed by atoms with Crippen LogP contribution in [-0.4, -0.2) is 19.6 Å². The Bertz CT molecular complexity index is 947. The van der Waals surface area contributed by atoms with E-state index in [9.17, 15) is 23.2 Å². The van der Waals surface area contributed by atoms with E-state index in [-0.39, 0.29) is 5.57 Å². The van der Waals surface area contributed by atoms with Crippen molar-refractivity contribution >= 4 is 17.7 Å². The molecule has 1 N–H and O–H groups in total. The number of alkyl halides is 3. The highest BCUT2D eigenvalue weighted by atomic mass is 19.4. The summed E-state index contributed by atoms with van der Waals surface area (Å²) >= 11 is 0. The van der Waals surface area contributed by atoms with Gasteiger partial charge in [0.25, 0.3) is 5.91 Å². The van der Waals surface area contributed by atoms with E-state index in [0.29, 0.717) is 23.7 Å². The van der Waals surface area contributed by atoms with Crippen LogP contribution in [0.5, 0.6) is 11.5 Å². The van der Waals surface area contributed by atoms with E-state index in [1.165, 1.54) is 25.3 Å². The number of ether oxygens (including phenoxy) is 2. The van der Waals surface area contributed by atoms with Gasteiger partial charge in [-0.1, -0.05) is 25.1 Å². The Labute approximate surface area is 166 Å². The number of rotatable bonds is 7. The van der Waals surface area contributed by atoms with Crippen LogP contribution in [0.25, 0.3) is 6.08 Å². The van der Waals surface area contributed by atoms with Gasteiger partial charge in [-0.25, -0.2) is 0 Å². The van der Waals surface area contributed by atoms with Gasteiger partial charge in [-0.3, -0.25) is 4.79 Å². The number of hydrogen-bond acceptors (Lipinski definition) is 4. The SMILES string of the molecule is CCCOc1ccc(/C=C(\C#N)C(=O)Nc2ccccc2C(F)(F)F)cc1OC. The van der Waals surface area contributed by atoms with Crippen LogP contribution < -0.4 is 14.8 Å². The summed E-state index contributed by atoms with van der Waals surface area (Å²) in [5, 5.41) is 11.5. The van der Waals surface area contributed by atoms with E-state index in [1.54, 1.807) is 24.3 Å². The summed E-state index contributed by atoms with van der Waals surface area (Å²) in [6, 6.07) is 11.1. The molecule has 0 atom stereocenters. The number of anilines is 1. The highest BCUT2D eigenvalue weighted by Gasteiger charge is 2.33. The van der Waals surface area contributed by atoms with Crippen molar-refractivity contribution in [2.75, 3.05) is 19.0 Å². The van der Waals surface area contributed by atoms with Crippen molar-refractivity contribution in [1.82, 2.24) is 0 Å². The normalized spacial score (nSPS) is 11.5. The lowest BCUT2D eigenvalue weighted by atomic mass is 10.1. The summed E-state index contributed by atoms with van der Waals surface area (Å²) in [7, 11) is 1.45. The van der Waals surface area contributed by atoms with Gasteiger partial charge in [0, 0.05) is 0 Å². The lowest BCUT2D eigenvalue weighted by molar-refractivity contribution is -0.137. The zero-order valence-electron chi connectivity index (χ0n) is 15.8. The van der Waals surface area contributed by atoms with E-state index in [0.717, 1.165) is 18.6 Å². The molecule has 0 spiro atoms. The zero-order valence-corrected chi connectivity index (χ0v) is 15.8. The highest BCUT2D eigenvalue weighted by Crippen LogP contribution is 2.35. The maximum Gasteiger partial charge on any atom is 0.418 e. The third kappa shape index (κ3) is 5.75. The van der Waals surface area contributed by atoms with Crippen molar-refractivity contribution in [3.63, 3.8) is 0 Å². The number of carbonyl (C=O) groups excluding carboxylic acids is 1. The van der Waals surface area contributed by atoms with Gasteiger partial charge < -0.3 is 14.8 Å². The number of hydrogen-bond donors (Lipinski definition) is 1. The number of benzene rings is 2. The van der Waals surface area contributed by atoms with Crippen LogP contribution in [0, 0.1) is 11.3 Å². The molecule has 5 nitrogen and oxygen atoms in total. The van der Waals surface area contributed by atoms with Gasteiger partial charge in [0.05, 0.1) is 25.0 Å². The number of nitriles is 1. The first kappa shape index (κ1) is 21.8. The van der Waals surface area contributed by atoms with Crippen molar-refractivity contribution < 1.29 is 27.4 Å². The lowest BCUT2D eigenvalue weighted by Crippen LogP contribution is -2.17. The topological polar surface area (TPSA) is 71.3 Å². The second-order valence-corrected chi connectivity index (χ2v) is 5.93. The van der Waals surface area contributed by atoms with Crippen LogP contribution >= 0.6 is 0 Å². The fraction of sp³-hybridized carbons (Fsp3) is 0.238. The zero-order chi connectivity index (χ0) is 21.4. The molecule has 152 valence electrons. The van der Waals surface area contributed by atoms with E-state index >= 15 is 0 Å². The smallest absolute Gasteiger partial charge is 0.418 e. The van der Waals surface area contributed by atoms with Crippen LogP contribution in [-0.2, 0) is 11.0 Å². The molecule has 0 aliphatic heterocycles. The van der Waals surface area contributed by atoms with E-state index in [4.69, 9.17) is 9.47 Å². The summed E-state index contributed by atoms with van der Waals surface area (Å²) in [5.41, 5.74) is -1.32. The molecule has 0 unspecified atom stereocenters. The summed E-state index contributed by atoms with van der Waals surface area (Å²) < 4.78 is 50.0. The minimum atomic E-state index is -4.64. The van der Waals surface area contributed by atoms with Crippen LogP contribution in [0.2, 0.25) is 0 Å². The minimum absolute atomic E-state index is 0.355. The van der Waals surface area contributed by atoms with Gasteiger partial charge in [-0.15, -0.1) is 0 Å². The predicted molar refractivity (Wildman–Crippen MR) is 102 cm³/mol. The number of amides is 1. The first-order valence-corrected chi connectivity index (χ1v) is 8.70. The molecule has 0 radical (unpaired) electrons. The molecule has 29 heavy (non-hydrogen) atoms. The summed E-state index contributed by atoms with van der Waals surface area (Å²) in [4.78, 5) is 12.4. The third-order valence-corrected chi connectivity index (χ3v) is 3.81. The average Bonchev–Trinajstić information content (AvgIpc) is 2.70. The predicted octanol–water partition coefficient (Wildman–Crippen LogP) is 5.05. The minimum Gasteiger partial charge on any atom is -0.493 e. The van der Waals surface area contributed by atoms with Crippen molar-refractivity contribution in [3.8, 4) is 17.6 Å². The monoisotopic (exact) mass is 404 g/mol. The Morgan fingerprint density at radius 2 is 1.93 bits per heavy atom. The second kappa shape index (κ2) is 9.64. The first-order chi connectivity index (χ1) is 13.8. The Balaban J connectivity index is 2.29. The molecule has 2 aromatic rings. The third-order valence-electron chi connectivity index (χ3n) is 3.81. The summed E-state index contributed by atoms with van der Waals surface area (Å²) in [6.45, 7) is 2.45. The fourth-order valence-corrected chi connectivity index (χ4v) is 2.45. The van der Waals surface area contributed by atoms with Crippen molar-refractivity contribution in [1.29, 1.82) is 5.26 Å². The molecule has 2 rings (SSSR count). The van der Waals surface area contributed by atoms with Gasteiger partial charge in [-0.2, -0.15) is 18.4 Å². The average molecular weight is 404 g/mol. The summed E-state index contributed by atoms with van der Waals surface area (Å²) in [6.07, 6.45) is -2.57. The number of para-hydroxylation sites is 1. The molecule has 0 aromatic heterocycles. The van der Waals surface area contributed by atoms with Crippen molar-refractivity contribution in [2.24, 2.45) is 0 Å². The molecule has 0 bridgehead atoms. The quantitative estimate of drug-likeness (QED) is 0.518. The molecule has 8 heteroatoms. The Morgan fingerprint density at radius 3 is 2.55 bits per heavy atom. The summed E-state index contributed by atoms with van der Waals surface area (Å²) in [5.74, 6) is -0.0321. The van der Waals surface area contributed by atoms with Gasteiger partial charge in [0.15, 0.2) is 11.5 Å². The maximum absolute atomic E-state index is 13.1. The molecular weight excluding hydrogens is 385 g/mol. The molecule has 0 saturated heterocycles. The molecule has 0 fully saturated rings. The Kier molecular flexibility index (Phi) is 7.26. The number of carbonyl (C=O) groups is 1. The number of halogens is 3. The van der Waals surface area contributed by atoms with E-state index < -0.39 is 23.3 Å². The van der Waals surface area contributed by atoms with Crippen LogP contribution in [0.3, 0.4) is 0 Å². The van der Waals surface area contributed by atoms with Gasteiger partial charge in [0.1, 0.15) is 11.6 Å². The number of methoxy groups -OCH3 is 1. The maximum atomic E-state index is 13.1. The molecule has 0 aliphatic rings. The molecule has 2 aromatic carbocycles. The first-order valence-electron chi connectivity index (χ1n) is 8.70. The van der Waals surface area contributed by atoms with Gasteiger partial charge in [0.2, 0.25) is 0 Å². The van der Waals surface area contributed by atoms with Gasteiger partial charge in [-0.05, 0) is 42.3 Å². The molecule has 1 amide bonds. The number of nitrogens with zero attached hydrogens (tertiary/aromatic N) is 1. The molecule has 0 saturated carbocycles. The largest absolute Gasteiger partial charge is 0.493 e. The van der Waals surface area contributed by atoms with E-state index in [1.807, 2.05) is 6.92 Å². The Morgan fingerprint density at radius 1 is 1.21 bits per heavy atom. The van der Waals surface area contributed by atoms with Crippen molar-refractivity contribution in [2.45, 2.75) is 19.5 Å². The van der Waals surface area contributed by atoms with E-state index in [2.05, 4.69) is 5.32 Å².